The lowest BCUT2D eigenvalue weighted by Crippen LogP contribution is -2.16. The zero-order valence-electron chi connectivity index (χ0n) is 13.9. The smallest absolute Gasteiger partial charge is 0.117 e. The van der Waals surface area contributed by atoms with Crippen LogP contribution in [0.5, 0.6) is 0 Å². The Morgan fingerprint density at radius 1 is 1.00 bits per heavy atom. The van der Waals surface area contributed by atoms with E-state index in [0.29, 0.717) is 24.5 Å². The van der Waals surface area contributed by atoms with E-state index >= 15 is 0 Å². The minimum atomic E-state index is 0.178. The quantitative estimate of drug-likeness (QED) is 0.609. The van der Waals surface area contributed by atoms with Gasteiger partial charge in [-0.2, -0.15) is 15.0 Å². The maximum absolute atomic E-state index is 8.91. The van der Waals surface area contributed by atoms with Gasteiger partial charge in [0, 0.05) is 23.7 Å². The highest BCUT2D eigenvalue weighted by atomic mass is 35.5. The van der Waals surface area contributed by atoms with Crippen molar-refractivity contribution in [1.29, 1.82) is 0 Å². The molecule has 6 heteroatoms. The number of aliphatic hydroxyl groups excluding tert-OH is 1. The summed E-state index contributed by atoms with van der Waals surface area (Å²) in [5, 5.41) is 22.2. The van der Waals surface area contributed by atoms with Crippen LogP contribution in [0, 0.1) is 0 Å². The molecule has 25 heavy (non-hydrogen) atoms. The van der Waals surface area contributed by atoms with Gasteiger partial charge >= 0.3 is 0 Å². The molecule has 0 aliphatic heterocycles. The van der Waals surface area contributed by atoms with E-state index in [1.54, 1.807) is 4.80 Å². The minimum Gasteiger partial charge on any atom is -0.396 e. The summed E-state index contributed by atoms with van der Waals surface area (Å²) < 4.78 is 0. The molecule has 0 aliphatic carbocycles. The Morgan fingerprint density at radius 2 is 1.76 bits per heavy atom. The molecule has 130 valence electrons. The van der Waals surface area contributed by atoms with Crippen LogP contribution in [-0.2, 0) is 13.1 Å². The average Bonchev–Trinajstić information content (AvgIpc) is 3.04. The Hall–Kier alpha value is -2.21. The molecule has 1 aromatic heterocycles. The number of rotatable bonds is 8. The van der Waals surface area contributed by atoms with Crippen LogP contribution in [0.1, 0.15) is 17.7 Å². The van der Waals surface area contributed by atoms with Crippen LogP contribution in [-0.4, -0.2) is 33.3 Å². The molecule has 0 bridgehead atoms. The van der Waals surface area contributed by atoms with Crippen LogP contribution in [0.15, 0.2) is 54.6 Å². The van der Waals surface area contributed by atoms with Gasteiger partial charge in [0.05, 0.1) is 6.54 Å². The van der Waals surface area contributed by atoms with E-state index in [0.717, 1.165) is 29.1 Å². The number of hydrogen-bond acceptors (Lipinski definition) is 4. The van der Waals surface area contributed by atoms with Crippen LogP contribution >= 0.6 is 11.6 Å². The van der Waals surface area contributed by atoms with Crippen LogP contribution in [0.4, 0.5) is 0 Å². The number of aromatic nitrogens is 3. The Kier molecular flexibility index (Phi) is 6.17. The third-order valence-corrected chi connectivity index (χ3v) is 4.21. The van der Waals surface area contributed by atoms with Crippen molar-refractivity contribution in [2.45, 2.75) is 19.5 Å². The van der Waals surface area contributed by atoms with E-state index in [2.05, 4.69) is 15.5 Å². The molecule has 0 spiro atoms. The van der Waals surface area contributed by atoms with Gasteiger partial charge in [0.25, 0.3) is 0 Å². The van der Waals surface area contributed by atoms with Crippen LogP contribution < -0.4 is 5.32 Å². The Balaban J connectivity index is 1.84. The topological polar surface area (TPSA) is 63.0 Å². The third-order valence-electron chi connectivity index (χ3n) is 3.85. The number of nitrogens with zero attached hydrogens (tertiary/aromatic N) is 3. The van der Waals surface area contributed by atoms with Crippen molar-refractivity contribution < 1.29 is 5.11 Å². The van der Waals surface area contributed by atoms with Crippen molar-refractivity contribution >= 4 is 11.6 Å². The van der Waals surface area contributed by atoms with Crippen molar-refractivity contribution in [2.75, 3.05) is 13.2 Å². The predicted octanol–water partition coefficient (Wildman–Crippen LogP) is 3.12. The van der Waals surface area contributed by atoms with Crippen molar-refractivity contribution in [2.24, 2.45) is 0 Å². The summed E-state index contributed by atoms with van der Waals surface area (Å²) in [6, 6.07) is 17.7. The molecule has 0 saturated heterocycles. The maximum Gasteiger partial charge on any atom is 0.117 e. The molecule has 3 rings (SSSR count). The summed E-state index contributed by atoms with van der Waals surface area (Å²) in [6.07, 6.45) is 0.717. The summed E-state index contributed by atoms with van der Waals surface area (Å²) in [5.74, 6) is 0. The van der Waals surface area contributed by atoms with Gasteiger partial charge in [0.2, 0.25) is 0 Å². The summed E-state index contributed by atoms with van der Waals surface area (Å²) in [5.41, 5.74) is 3.77. The molecular weight excluding hydrogens is 336 g/mol. The fourth-order valence-electron chi connectivity index (χ4n) is 2.58. The predicted molar refractivity (Wildman–Crippen MR) is 99.4 cm³/mol. The Bertz CT molecular complexity index is 804. The summed E-state index contributed by atoms with van der Waals surface area (Å²) >= 11 is 6.25. The molecule has 2 N–H and O–H groups in total. The van der Waals surface area contributed by atoms with E-state index in [1.807, 2.05) is 54.6 Å². The van der Waals surface area contributed by atoms with Crippen molar-refractivity contribution in [3.8, 4) is 11.3 Å². The van der Waals surface area contributed by atoms with Crippen LogP contribution in [0.2, 0.25) is 5.02 Å². The second kappa shape index (κ2) is 8.76. The first-order chi connectivity index (χ1) is 12.3. The first kappa shape index (κ1) is 17.6. The summed E-state index contributed by atoms with van der Waals surface area (Å²) in [6.45, 7) is 2.04. The molecule has 0 amide bonds. The van der Waals surface area contributed by atoms with Crippen LogP contribution in [0.25, 0.3) is 11.3 Å². The Labute approximate surface area is 152 Å². The number of hydrogen-bond donors (Lipinski definition) is 2. The van der Waals surface area contributed by atoms with Crippen LogP contribution in [0.3, 0.4) is 0 Å². The summed E-state index contributed by atoms with van der Waals surface area (Å²) in [7, 11) is 0. The summed E-state index contributed by atoms with van der Waals surface area (Å²) in [4.78, 5) is 1.69. The molecule has 0 fully saturated rings. The molecule has 0 unspecified atom stereocenters. The lowest BCUT2D eigenvalue weighted by molar-refractivity contribution is 0.286. The maximum atomic E-state index is 8.91. The molecule has 1 heterocycles. The largest absolute Gasteiger partial charge is 0.396 e. The van der Waals surface area contributed by atoms with Gasteiger partial charge in [-0.3, -0.25) is 0 Å². The van der Waals surface area contributed by atoms with Gasteiger partial charge in [-0.1, -0.05) is 60.1 Å². The standard InChI is InChI=1S/C19H21ClN4O/c20-17-10-5-4-9-16(17)14-24-22-18(13-21-11-6-12-25)19(23-24)15-7-2-1-3-8-15/h1-5,7-10,21,25H,6,11-14H2. The van der Waals surface area contributed by atoms with Gasteiger partial charge in [-0.25, -0.2) is 0 Å². The highest BCUT2D eigenvalue weighted by Crippen LogP contribution is 2.21. The van der Waals surface area contributed by atoms with E-state index in [9.17, 15) is 0 Å². The van der Waals surface area contributed by atoms with E-state index in [-0.39, 0.29) is 6.61 Å². The normalized spacial score (nSPS) is 11.0. The zero-order chi connectivity index (χ0) is 17.5. The molecule has 0 atom stereocenters. The highest BCUT2D eigenvalue weighted by molar-refractivity contribution is 6.31. The fourth-order valence-corrected chi connectivity index (χ4v) is 2.78. The molecule has 0 saturated carbocycles. The van der Waals surface area contributed by atoms with Gasteiger partial charge < -0.3 is 10.4 Å². The number of aliphatic hydroxyl groups is 1. The lowest BCUT2D eigenvalue weighted by atomic mass is 10.1. The monoisotopic (exact) mass is 356 g/mol. The molecule has 0 radical (unpaired) electrons. The molecule has 3 aromatic rings. The first-order valence-corrected chi connectivity index (χ1v) is 8.70. The van der Waals surface area contributed by atoms with E-state index < -0.39 is 0 Å². The van der Waals surface area contributed by atoms with Gasteiger partial charge in [0.1, 0.15) is 11.4 Å². The number of halogens is 1. The first-order valence-electron chi connectivity index (χ1n) is 8.32. The number of nitrogens with one attached hydrogen (secondary N) is 1. The van der Waals surface area contributed by atoms with Gasteiger partial charge in [0.15, 0.2) is 0 Å². The molecule has 0 aliphatic rings. The van der Waals surface area contributed by atoms with Gasteiger partial charge in [-0.15, -0.1) is 0 Å². The SMILES string of the molecule is OCCCNCc1nn(Cc2ccccc2Cl)nc1-c1ccccc1. The number of benzene rings is 2. The minimum absolute atomic E-state index is 0.178. The van der Waals surface area contributed by atoms with Crippen molar-refractivity contribution in [3.05, 3.63) is 70.9 Å². The molecule has 5 nitrogen and oxygen atoms in total. The van der Waals surface area contributed by atoms with Gasteiger partial charge in [-0.05, 0) is 24.6 Å². The van der Waals surface area contributed by atoms with Crippen molar-refractivity contribution in [3.63, 3.8) is 0 Å². The molecule has 2 aromatic carbocycles. The second-order valence-electron chi connectivity index (χ2n) is 5.74. The highest BCUT2D eigenvalue weighted by Gasteiger charge is 2.13. The third kappa shape index (κ3) is 4.66. The molecular formula is C19H21ClN4O. The lowest BCUT2D eigenvalue weighted by Gasteiger charge is -2.03. The zero-order valence-corrected chi connectivity index (χ0v) is 14.7. The fraction of sp³-hybridized carbons (Fsp3) is 0.263. The van der Waals surface area contributed by atoms with E-state index in [1.165, 1.54) is 0 Å². The van der Waals surface area contributed by atoms with E-state index in [4.69, 9.17) is 16.7 Å². The Morgan fingerprint density at radius 3 is 2.52 bits per heavy atom. The second-order valence-corrected chi connectivity index (χ2v) is 6.14. The average molecular weight is 357 g/mol. The van der Waals surface area contributed by atoms with Crippen molar-refractivity contribution in [1.82, 2.24) is 20.3 Å².